The zero-order chi connectivity index (χ0) is 13.4. The minimum absolute atomic E-state index is 0.646. The van der Waals surface area contributed by atoms with Gasteiger partial charge in [0.1, 0.15) is 11.5 Å². The van der Waals surface area contributed by atoms with E-state index in [0.29, 0.717) is 5.82 Å². The lowest BCUT2D eigenvalue weighted by Crippen LogP contribution is -1.98. The van der Waals surface area contributed by atoms with E-state index in [2.05, 4.69) is 26.0 Å². The number of hydrogen-bond acceptors (Lipinski definition) is 4. The van der Waals surface area contributed by atoms with E-state index in [1.807, 2.05) is 31.3 Å². The number of aryl methyl sites for hydroxylation is 1. The molecule has 3 heterocycles. The molecule has 0 saturated carbocycles. The third-order valence-electron chi connectivity index (χ3n) is 2.85. The molecule has 3 aromatic heterocycles. The Hall–Kier alpha value is -1.66. The lowest BCUT2D eigenvalue weighted by atomic mass is 10.1. The molecule has 0 amide bonds. The molecule has 2 N–H and O–H groups in total. The van der Waals surface area contributed by atoms with Crippen molar-refractivity contribution < 1.29 is 0 Å². The molecular weight excluding hydrogens is 324 g/mol. The predicted molar refractivity (Wildman–Crippen MR) is 81.9 cm³/mol. The van der Waals surface area contributed by atoms with E-state index < -0.39 is 0 Å². The Morgan fingerprint density at radius 1 is 1.32 bits per heavy atom. The van der Waals surface area contributed by atoms with E-state index in [1.165, 1.54) is 0 Å². The number of rotatable bonds is 2. The Bertz CT molecular complexity index is 718. The molecule has 0 fully saturated rings. The van der Waals surface area contributed by atoms with Gasteiger partial charge in [0.2, 0.25) is 0 Å². The van der Waals surface area contributed by atoms with Crippen LogP contribution in [0, 0.1) is 0 Å². The lowest BCUT2D eigenvalue weighted by Gasteiger charge is -2.02. The second-order valence-corrected chi connectivity index (χ2v) is 6.54. The number of anilines is 1. The van der Waals surface area contributed by atoms with Gasteiger partial charge in [0.15, 0.2) is 0 Å². The van der Waals surface area contributed by atoms with Gasteiger partial charge < -0.3 is 5.73 Å². The van der Waals surface area contributed by atoms with Crippen LogP contribution in [0.15, 0.2) is 40.4 Å². The first-order chi connectivity index (χ1) is 9.16. The highest BCUT2D eigenvalue weighted by Gasteiger charge is 2.18. The zero-order valence-corrected chi connectivity index (χ0v) is 12.6. The summed E-state index contributed by atoms with van der Waals surface area (Å²) in [4.78, 5) is 5.23. The number of nitrogen functional groups attached to an aromatic ring is 1. The second-order valence-electron chi connectivity index (χ2n) is 4.08. The number of pyridine rings is 1. The lowest BCUT2D eigenvalue weighted by molar-refractivity contribution is 0.783. The van der Waals surface area contributed by atoms with Crippen LogP contribution in [0.1, 0.15) is 0 Å². The molecule has 6 heteroatoms. The van der Waals surface area contributed by atoms with Gasteiger partial charge >= 0.3 is 0 Å². The number of nitrogens with two attached hydrogens (primary N) is 1. The minimum Gasteiger partial charge on any atom is -0.383 e. The summed E-state index contributed by atoms with van der Waals surface area (Å²) in [5, 5.41) is 4.52. The summed E-state index contributed by atoms with van der Waals surface area (Å²) in [6, 6.07) is 7.94. The van der Waals surface area contributed by atoms with Crippen molar-refractivity contribution >= 4 is 33.1 Å². The molecule has 0 aromatic carbocycles. The van der Waals surface area contributed by atoms with E-state index in [1.54, 1.807) is 28.4 Å². The van der Waals surface area contributed by atoms with Gasteiger partial charge in [-0.1, -0.05) is 6.07 Å². The number of thiophene rings is 1. The molecule has 0 aliphatic carbocycles. The Balaban J connectivity index is 2.24. The van der Waals surface area contributed by atoms with Gasteiger partial charge in [-0.05, 0) is 34.1 Å². The largest absolute Gasteiger partial charge is 0.383 e. The number of halogens is 1. The average Bonchev–Trinajstić information content (AvgIpc) is 2.96. The Labute approximate surface area is 123 Å². The highest BCUT2D eigenvalue weighted by Crippen LogP contribution is 2.39. The molecule has 4 nitrogen and oxygen atoms in total. The standard InChI is InChI=1S/C13H11BrN4S/c1-18-13(15)11(8-3-2-6-16-7-8)12(17-18)9-4-5-10(14)19-9/h2-7H,15H2,1H3. The van der Waals surface area contributed by atoms with E-state index >= 15 is 0 Å². The topological polar surface area (TPSA) is 56.7 Å². The zero-order valence-electron chi connectivity index (χ0n) is 10.2. The third kappa shape index (κ3) is 2.17. The molecule has 0 aliphatic heterocycles. The van der Waals surface area contributed by atoms with E-state index in [-0.39, 0.29) is 0 Å². The van der Waals surface area contributed by atoms with E-state index in [0.717, 1.165) is 25.5 Å². The van der Waals surface area contributed by atoms with Crippen molar-refractivity contribution in [1.29, 1.82) is 0 Å². The molecule has 0 atom stereocenters. The first-order valence-corrected chi connectivity index (χ1v) is 7.26. The maximum absolute atomic E-state index is 6.15. The van der Waals surface area contributed by atoms with Crippen LogP contribution in [0.4, 0.5) is 5.82 Å². The van der Waals surface area contributed by atoms with Crippen LogP contribution < -0.4 is 5.73 Å². The molecule has 0 saturated heterocycles. The maximum Gasteiger partial charge on any atom is 0.130 e. The highest BCUT2D eigenvalue weighted by atomic mass is 79.9. The Morgan fingerprint density at radius 3 is 2.79 bits per heavy atom. The third-order valence-corrected chi connectivity index (χ3v) is 4.48. The van der Waals surface area contributed by atoms with Crippen LogP contribution in [0.25, 0.3) is 21.7 Å². The van der Waals surface area contributed by atoms with Crippen molar-refractivity contribution in [2.45, 2.75) is 0 Å². The van der Waals surface area contributed by atoms with Gasteiger partial charge in [-0.25, -0.2) is 0 Å². The van der Waals surface area contributed by atoms with Gasteiger partial charge in [0.05, 0.1) is 14.2 Å². The van der Waals surface area contributed by atoms with Crippen LogP contribution in [0.2, 0.25) is 0 Å². The van der Waals surface area contributed by atoms with Gasteiger partial charge in [0.25, 0.3) is 0 Å². The summed E-state index contributed by atoms with van der Waals surface area (Å²) in [6.45, 7) is 0. The average molecular weight is 335 g/mol. The van der Waals surface area contributed by atoms with Crippen LogP contribution in [-0.2, 0) is 7.05 Å². The molecule has 0 spiro atoms. The van der Waals surface area contributed by atoms with Crippen LogP contribution in [0.3, 0.4) is 0 Å². The summed E-state index contributed by atoms with van der Waals surface area (Å²) >= 11 is 5.11. The normalized spacial score (nSPS) is 10.8. The summed E-state index contributed by atoms with van der Waals surface area (Å²) in [5.41, 5.74) is 8.95. The molecule has 96 valence electrons. The van der Waals surface area contributed by atoms with Crippen LogP contribution >= 0.6 is 27.3 Å². The van der Waals surface area contributed by atoms with Gasteiger partial charge in [-0.3, -0.25) is 9.67 Å². The Morgan fingerprint density at radius 2 is 2.16 bits per heavy atom. The molecule has 3 aromatic rings. The van der Waals surface area contributed by atoms with Crippen molar-refractivity contribution in [3.63, 3.8) is 0 Å². The van der Waals surface area contributed by atoms with Crippen molar-refractivity contribution in [2.24, 2.45) is 7.05 Å². The fourth-order valence-corrected chi connectivity index (χ4v) is 3.32. The second kappa shape index (κ2) is 4.79. The Kier molecular flexibility index (Phi) is 3.12. The smallest absolute Gasteiger partial charge is 0.130 e. The molecule has 0 aliphatic rings. The summed E-state index contributed by atoms with van der Waals surface area (Å²) in [6.07, 6.45) is 3.55. The monoisotopic (exact) mass is 334 g/mol. The van der Waals surface area contributed by atoms with Gasteiger partial charge in [-0.15, -0.1) is 11.3 Å². The fraction of sp³-hybridized carbons (Fsp3) is 0.0769. The molecule has 0 bridgehead atoms. The first-order valence-electron chi connectivity index (χ1n) is 5.65. The molecule has 19 heavy (non-hydrogen) atoms. The van der Waals surface area contributed by atoms with E-state index in [4.69, 9.17) is 5.73 Å². The number of nitrogens with zero attached hydrogens (tertiary/aromatic N) is 3. The van der Waals surface area contributed by atoms with Crippen molar-refractivity contribution in [3.8, 4) is 21.7 Å². The van der Waals surface area contributed by atoms with Crippen molar-refractivity contribution in [3.05, 3.63) is 40.4 Å². The number of hydrogen-bond donors (Lipinski definition) is 1. The van der Waals surface area contributed by atoms with Crippen LogP contribution in [-0.4, -0.2) is 14.8 Å². The fourth-order valence-electron chi connectivity index (χ4n) is 1.95. The molecular formula is C13H11BrN4S. The van der Waals surface area contributed by atoms with Crippen LogP contribution in [0.5, 0.6) is 0 Å². The van der Waals surface area contributed by atoms with E-state index in [9.17, 15) is 0 Å². The first kappa shape index (κ1) is 12.4. The van der Waals surface area contributed by atoms with Crippen molar-refractivity contribution in [2.75, 3.05) is 5.73 Å². The summed E-state index contributed by atoms with van der Waals surface area (Å²) < 4.78 is 2.77. The molecule has 0 unspecified atom stereocenters. The van der Waals surface area contributed by atoms with Gasteiger partial charge in [0, 0.05) is 25.0 Å². The molecule has 0 radical (unpaired) electrons. The van der Waals surface area contributed by atoms with Gasteiger partial charge in [-0.2, -0.15) is 5.10 Å². The summed E-state index contributed by atoms with van der Waals surface area (Å²) in [7, 11) is 1.85. The number of aromatic nitrogens is 3. The van der Waals surface area contributed by atoms with Crippen molar-refractivity contribution in [1.82, 2.24) is 14.8 Å². The predicted octanol–water partition coefficient (Wildman–Crippen LogP) is 3.56. The SMILES string of the molecule is Cn1nc(-c2ccc(Br)s2)c(-c2cccnc2)c1N. The molecule has 3 rings (SSSR count). The summed E-state index contributed by atoms with van der Waals surface area (Å²) in [5.74, 6) is 0.646. The highest BCUT2D eigenvalue weighted by molar-refractivity contribution is 9.11. The maximum atomic E-state index is 6.15. The minimum atomic E-state index is 0.646. The quantitative estimate of drug-likeness (QED) is 0.779.